The van der Waals surface area contributed by atoms with Gasteiger partial charge < -0.3 is 5.32 Å². The molecule has 0 spiro atoms. The molecule has 0 bridgehead atoms. The molecule has 2 rings (SSSR count). The van der Waals surface area contributed by atoms with Gasteiger partial charge in [-0.25, -0.2) is 0 Å². The summed E-state index contributed by atoms with van der Waals surface area (Å²) in [4.78, 5) is 1.50. The molecule has 0 aliphatic carbocycles. The Kier molecular flexibility index (Phi) is 4.02. The van der Waals surface area contributed by atoms with Crippen LogP contribution in [-0.4, -0.2) is 12.6 Å². The van der Waals surface area contributed by atoms with Crippen molar-refractivity contribution in [3.8, 4) is 0 Å². The highest BCUT2D eigenvalue weighted by molar-refractivity contribution is 9.11. The number of hydrogen-bond donors (Lipinski definition) is 1. The lowest BCUT2D eigenvalue weighted by Crippen LogP contribution is -2.34. The topological polar surface area (TPSA) is 12.0 Å². The molecule has 1 saturated heterocycles. The van der Waals surface area contributed by atoms with Crippen molar-refractivity contribution in [1.82, 2.24) is 5.32 Å². The lowest BCUT2D eigenvalue weighted by atomic mass is 10.0. The van der Waals surface area contributed by atoms with Gasteiger partial charge in [0.1, 0.15) is 0 Å². The number of halogens is 1. The summed E-state index contributed by atoms with van der Waals surface area (Å²) in [6.07, 6.45) is 6.67. The van der Waals surface area contributed by atoms with Gasteiger partial charge in [0.25, 0.3) is 0 Å². The zero-order valence-corrected chi connectivity index (χ0v) is 10.7. The molecule has 0 saturated carbocycles. The van der Waals surface area contributed by atoms with Crippen molar-refractivity contribution in [2.75, 3.05) is 6.54 Å². The van der Waals surface area contributed by atoms with Crippen molar-refractivity contribution in [3.63, 3.8) is 0 Å². The normalized spacial score (nSPS) is 22.5. The smallest absolute Gasteiger partial charge is 0.0701 e. The summed E-state index contributed by atoms with van der Waals surface area (Å²) in [6.45, 7) is 1.22. The van der Waals surface area contributed by atoms with Crippen LogP contribution in [0.15, 0.2) is 15.9 Å². The fraction of sp³-hybridized carbons (Fsp3) is 0.636. The van der Waals surface area contributed by atoms with E-state index in [9.17, 15) is 0 Å². The van der Waals surface area contributed by atoms with Crippen LogP contribution in [0.25, 0.3) is 0 Å². The van der Waals surface area contributed by atoms with Crippen molar-refractivity contribution < 1.29 is 0 Å². The fourth-order valence-corrected chi connectivity index (χ4v) is 3.47. The predicted octanol–water partition coefficient (Wildman–Crippen LogP) is 3.59. The molecule has 1 nitrogen and oxygen atoms in total. The molecule has 1 aliphatic rings. The van der Waals surface area contributed by atoms with Gasteiger partial charge in [0.2, 0.25) is 0 Å². The molecule has 0 amide bonds. The summed E-state index contributed by atoms with van der Waals surface area (Å²) in [5, 5.41) is 3.59. The second-order valence-electron chi connectivity index (χ2n) is 3.89. The number of rotatable bonds is 3. The molecule has 1 atom stereocenters. The Hall–Kier alpha value is 0.140. The molecular formula is C11H16BrNS. The molecule has 78 valence electrons. The molecule has 1 aliphatic heterocycles. The lowest BCUT2D eigenvalue weighted by molar-refractivity contribution is 0.383. The Labute approximate surface area is 98.0 Å². The summed E-state index contributed by atoms with van der Waals surface area (Å²) in [5.74, 6) is 0. The molecule has 1 fully saturated rings. The van der Waals surface area contributed by atoms with Crippen molar-refractivity contribution in [2.24, 2.45) is 0 Å². The molecule has 14 heavy (non-hydrogen) atoms. The third-order valence-electron chi connectivity index (χ3n) is 2.78. The number of nitrogens with one attached hydrogen (secondary N) is 1. The van der Waals surface area contributed by atoms with Gasteiger partial charge in [-0.15, -0.1) is 11.3 Å². The zero-order valence-electron chi connectivity index (χ0n) is 8.26. The monoisotopic (exact) mass is 273 g/mol. The van der Waals surface area contributed by atoms with Gasteiger partial charge in [0, 0.05) is 10.9 Å². The maximum Gasteiger partial charge on any atom is 0.0701 e. The molecule has 1 aromatic heterocycles. The Bertz CT molecular complexity index is 279. The minimum Gasteiger partial charge on any atom is -0.314 e. The average Bonchev–Trinajstić information content (AvgIpc) is 2.63. The Morgan fingerprint density at radius 3 is 3.00 bits per heavy atom. The predicted molar refractivity (Wildman–Crippen MR) is 66.0 cm³/mol. The van der Waals surface area contributed by atoms with Crippen molar-refractivity contribution in [1.29, 1.82) is 0 Å². The van der Waals surface area contributed by atoms with Crippen LogP contribution in [0.4, 0.5) is 0 Å². The van der Waals surface area contributed by atoms with Gasteiger partial charge in [-0.3, -0.25) is 0 Å². The Morgan fingerprint density at radius 2 is 2.36 bits per heavy atom. The summed E-state index contributed by atoms with van der Waals surface area (Å²) in [7, 11) is 0. The van der Waals surface area contributed by atoms with Crippen LogP contribution >= 0.6 is 27.3 Å². The molecular weight excluding hydrogens is 258 g/mol. The van der Waals surface area contributed by atoms with E-state index in [1.165, 1.54) is 47.3 Å². The highest BCUT2D eigenvalue weighted by Crippen LogP contribution is 2.24. The molecule has 1 aromatic rings. The minimum absolute atomic E-state index is 0.768. The van der Waals surface area contributed by atoms with Crippen molar-refractivity contribution in [2.45, 2.75) is 38.1 Å². The first kappa shape index (κ1) is 10.7. The maximum absolute atomic E-state index is 3.59. The first-order valence-corrected chi connectivity index (χ1v) is 6.93. The van der Waals surface area contributed by atoms with Crippen LogP contribution in [0.3, 0.4) is 0 Å². The quantitative estimate of drug-likeness (QED) is 0.888. The maximum atomic E-state index is 3.59. The highest BCUT2D eigenvalue weighted by Gasteiger charge is 2.12. The first-order chi connectivity index (χ1) is 6.84. The van der Waals surface area contributed by atoms with Crippen LogP contribution < -0.4 is 5.32 Å². The van der Waals surface area contributed by atoms with Gasteiger partial charge >= 0.3 is 0 Å². The van der Waals surface area contributed by atoms with E-state index in [1.807, 2.05) is 11.3 Å². The van der Waals surface area contributed by atoms with E-state index < -0.39 is 0 Å². The van der Waals surface area contributed by atoms with E-state index in [1.54, 1.807) is 0 Å². The number of aryl methyl sites for hydroxylation is 1. The Morgan fingerprint density at radius 1 is 1.43 bits per heavy atom. The van der Waals surface area contributed by atoms with Gasteiger partial charge in [-0.1, -0.05) is 6.42 Å². The van der Waals surface area contributed by atoms with Crippen LogP contribution in [0.2, 0.25) is 0 Å². The molecule has 3 heteroatoms. The van der Waals surface area contributed by atoms with E-state index in [-0.39, 0.29) is 0 Å². The third kappa shape index (κ3) is 3.07. The van der Waals surface area contributed by atoms with E-state index >= 15 is 0 Å². The zero-order chi connectivity index (χ0) is 9.80. The Balaban J connectivity index is 1.76. The fourth-order valence-electron chi connectivity index (χ4n) is 1.97. The van der Waals surface area contributed by atoms with E-state index in [4.69, 9.17) is 0 Å². The van der Waals surface area contributed by atoms with Crippen LogP contribution in [-0.2, 0) is 6.42 Å². The molecule has 1 unspecified atom stereocenters. The van der Waals surface area contributed by atoms with E-state index in [0.29, 0.717) is 0 Å². The summed E-state index contributed by atoms with van der Waals surface area (Å²) in [6, 6.07) is 5.15. The molecule has 0 aromatic carbocycles. The van der Waals surface area contributed by atoms with E-state index in [2.05, 4.69) is 33.4 Å². The summed E-state index contributed by atoms with van der Waals surface area (Å²) >= 11 is 5.37. The molecule has 2 heterocycles. The largest absolute Gasteiger partial charge is 0.314 e. The van der Waals surface area contributed by atoms with Crippen LogP contribution in [0, 0.1) is 0 Å². The SMILES string of the molecule is Brc1ccc(CCC2CCCCN2)s1. The highest BCUT2D eigenvalue weighted by atomic mass is 79.9. The number of hydrogen-bond acceptors (Lipinski definition) is 2. The van der Waals surface area contributed by atoms with Gasteiger partial charge in [0.05, 0.1) is 3.79 Å². The average molecular weight is 274 g/mol. The molecule has 1 N–H and O–H groups in total. The lowest BCUT2D eigenvalue weighted by Gasteiger charge is -2.22. The van der Waals surface area contributed by atoms with Gasteiger partial charge in [-0.05, 0) is 60.3 Å². The minimum atomic E-state index is 0.768. The summed E-state index contributed by atoms with van der Waals surface area (Å²) in [5.41, 5.74) is 0. The first-order valence-electron chi connectivity index (χ1n) is 5.32. The van der Waals surface area contributed by atoms with Crippen molar-refractivity contribution >= 4 is 27.3 Å². The molecule has 0 radical (unpaired) electrons. The van der Waals surface area contributed by atoms with Gasteiger partial charge in [-0.2, -0.15) is 0 Å². The number of thiophene rings is 1. The summed E-state index contributed by atoms with van der Waals surface area (Å²) < 4.78 is 1.25. The van der Waals surface area contributed by atoms with Crippen LogP contribution in [0.5, 0.6) is 0 Å². The second kappa shape index (κ2) is 5.29. The second-order valence-corrected chi connectivity index (χ2v) is 6.44. The van der Waals surface area contributed by atoms with Crippen molar-refractivity contribution in [3.05, 3.63) is 20.8 Å². The van der Waals surface area contributed by atoms with E-state index in [0.717, 1.165) is 6.04 Å². The third-order valence-corrected chi connectivity index (χ3v) is 4.46. The standard InChI is InChI=1S/C11H16BrNS/c12-11-7-6-10(14-11)5-4-9-3-1-2-8-13-9/h6-7,9,13H,1-5,8H2. The van der Waals surface area contributed by atoms with Crippen LogP contribution in [0.1, 0.15) is 30.6 Å². The number of piperidine rings is 1. The van der Waals surface area contributed by atoms with Gasteiger partial charge in [0.15, 0.2) is 0 Å².